The number of thioether (sulfide) groups is 1. The van der Waals surface area contributed by atoms with E-state index in [-0.39, 0.29) is 5.91 Å². The first-order valence-electron chi connectivity index (χ1n) is 9.94. The van der Waals surface area contributed by atoms with Crippen LogP contribution in [-0.2, 0) is 10.5 Å². The van der Waals surface area contributed by atoms with Crippen LogP contribution in [0.2, 0.25) is 0 Å². The van der Waals surface area contributed by atoms with Crippen LogP contribution in [0, 0.1) is 5.92 Å². The Kier molecular flexibility index (Phi) is 6.15. The van der Waals surface area contributed by atoms with Gasteiger partial charge in [0.1, 0.15) is 0 Å². The summed E-state index contributed by atoms with van der Waals surface area (Å²) in [6.07, 6.45) is 6.59. The summed E-state index contributed by atoms with van der Waals surface area (Å²) in [5.41, 5.74) is 8.24. The largest absolute Gasteiger partial charge is 0.353 e. The van der Waals surface area contributed by atoms with Gasteiger partial charge in [0.05, 0.1) is 11.9 Å². The first-order valence-corrected chi connectivity index (χ1v) is 11.1. The van der Waals surface area contributed by atoms with Crippen molar-refractivity contribution in [1.82, 2.24) is 21.1 Å². The normalized spacial score (nSPS) is 27.5. The summed E-state index contributed by atoms with van der Waals surface area (Å²) >= 11 is 1.69. The summed E-state index contributed by atoms with van der Waals surface area (Å²) in [6, 6.07) is 11.3. The third-order valence-corrected chi connectivity index (χ3v) is 6.79. The zero-order chi connectivity index (χ0) is 17.8. The van der Waals surface area contributed by atoms with E-state index in [4.69, 9.17) is 0 Å². The third kappa shape index (κ3) is 5.00. The highest BCUT2D eigenvalue weighted by Gasteiger charge is 2.39. The number of nitrogens with zero attached hydrogens (tertiary/aromatic N) is 1. The summed E-state index contributed by atoms with van der Waals surface area (Å²) in [5.74, 6) is 2.53. The number of nitrogens with one attached hydrogen (secondary N) is 3. The molecule has 0 bridgehead atoms. The minimum Gasteiger partial charge on any atom is -0.353 e. The van der Waals surface area contributed by atoms with Crippen LogP contribution in [-0.4, -0.2) is 47.9 Å². The van der Waals surface area contributed by atoms with Crippen LogP contribution in [0.15, 0.2) is 30.3 Å². The second-order valence-electron chi connectivity index (χ2n) is 7.84. The quantitative estimate of drug-likeness (QED) is 0.682. The van der Waals surface area contributed by atoms with Crippen molar-refractivity contribution in [3.63, 3.8) is 0 Å². The number of carbonyl (C=O) groups is 1. The number of rotatable bonds is 7. The molecule has 142 valence electrons. The number of hydrazine groups is 1. The van der Waals surface area contributed by atoms with Crippen molar-refractivity contribution < 1.29 is 4.79 Å². The molecule has 26 heavy (non-hydrogen) atoms. The fourth-order valence-electron chi connectivity index (χ4n) is 4.07. The summed E-state index contributed by atoms with van der Waals surface area (Å²) in [7, 11) is 0. The molecule has 1 amide bonds. The molecular weight excluding hydrogens is 344 g/mol. The van der Waals surface area contributed by atoms with Crippen molar-refractivity contribution in [2.75, 3.05) is 18.8 Å². The van der Waals surface area contributed by atoms with Crippen LogP contribution in [0.1, 0.15) is 37.7 Å². The summed E-state index contributed by atoms with van der Waals surface area (Å²) < 4.78 is 0. The van der Waals surface area contributed by atoms with E-state index in [2.05, 4.69) is 33.2 Å². The van der Waals surface area contributed by atoms with Gasteiger partial charge < -0.3 is 5.32 Å². The lowest BCUT2D eigenvalue weighted by Gasteiger charge is -2.35. The zero-order valence-corrected chi connectivity index (χ0v) is 16.1. The number of hydrogen-bond donors (Lipinski definition) is 3. The Morgan fingerprint density at radius 3 is 2.62 bits per heavy atom. The van der Waals surface area contributed by atoms with Gasteiger partial charge in [-0.2, -0.15) is 0 Å². The fraction of sp³-hybridized carbons (Fsp3) is 0.650. The molecule has 3 aliphatic rings. The third-order valence-electron chi connectivity index (χ3n) is 5.78. The molecule has 1 aromatic rings. The van der Waals surface area contributed by atoms with E-state index in [9.17, 15) is 4.79 Å². The molecule has 3 fully saturated rings. The Morgan fingerprint density at radius 1 is 1.12 bits per heavy atom. The lowest BCUT2D eigenvalue weighted by Crippen LogP contribution is -2.51. The van der Waals surface area contributed by atoms with E-state index < -0.39 is 0 Å². The second-order valence-corrected chi connectivity index (χ2v) is 8.83. The predicted molar refractivity (Wildman–Crippen MR) is 107 cm³/mol. The van der Waals surface area contributed by atoms with Gasteiger partial charge in [0, 0.05) is 30.9 Å². The molecule has 2 aliphatic heterocycles. The number of amides is 1. The van der Waals surface area contributed by atoms with Crippen molar-refractivity contribution >= 4 is 17.7 Å². The number of benzene rings is 1. The van der Waals surface area contributed by atoms with Crippen LogP contribution >= 0.6 is 11.8 Å². The molecule has 1 aromatic carbocycles. The fourth-order valence-corrected chi connectivity index (χ4v) is 4.87. The molecule has 2 atom stereocenters. The van der Waals surface area contributed by atoms with Crippen molar-refractivity contribution in [3.05, 3.63) is 35.9 Å². The first kappa shape index (κ1) is 18.3. The van der Waals surface area contributed by atoms with Gasteiger partial charge in [-0.25, -0.2) is 5.43 Å². The van der Waals surface area contributed by atoms with Crippen LogP contribution in [0.4, 0.5) is 0 Å². The lowest BCUT2D eigenvalue weighted by molar-refractivity contribution is -0.119. The molecule has 1 saturated carbocycles. The van der Waals surface area contributed by atoms with Gasteiger partial charge in [0.15, 0.2) is 0 Å². The Labute approximate surface area is 160 Å². The van der Waals surface area contributed by atoms with E-state index >= 15 is 0 Å². The van der Waals surface area contributed by atoms with Gasteiger partial charge in [-0.3, -0.25) is 15.1 Å². The van der Waals surface area contributed by atoms with Crippen LogP contribution < -0.4 is 16.2 Å². The minimum atomic E-state index is 0.179. The average molecular weight is 375 g/mol. The maximum absolute atomic E-state index is 12.2. The second kappa shape index (κ2) is 8.74. The highest BCUT2D eigenvalue weighted by atomic mass is 32.2. The van der Waals surface area contributed by atoms with E-state index in [0.717, 1.165) is 37.6 Å². The van der Waals surface area contributed by atoms with E-state index in [1.165, 1.54) is 24.8 Å². The molecule has 6 heteroatoms. The smallest absolute Gasteiger partial charge is 0.230 e. The summed E-state index contributed by atoms with van der Waals surface area (Å²) in [6.45, 7) is 2.14. The Morgan fingerprint density at radius 2 is 1.88 bits per heavy atom. The van der Waals surface area contributed by atoms with Gasteiger partial charge >= 0.3 is 0 Å². The molecule has 2 saturated heterocycles. The first-order chi connectivity index (χ1) is 12.8. The molecule has 2 heterocycles. The van der Waals surface area contributed by atoms with Crippen LogP contribution in [0.25, 0.3) is 0 Å². The minimum absolute atomic E-state index is 0.179. The average Bonchev–Trinajstić information content (AvgIpc) is 3.40. The van der Waals surface area contributed by atoms with E-state index in [0.29, 0.717) is 24.0 Å². The summed E-state index contributed by atoms with van der Waals surface area (Å²) in [5, 5.41) is 3.23. The van der Waals surface area contributed by atoms with Gasteiger partial charge in [0.25, 0.3) is 0 Å². The van der Waals surface area contributed by atoms with Crippen molar-refractivity contribution in [2.24, 2.45) is 5.92 Å². The molecule has 0 spiro atoms. The molecule has 0 aromatic heterocycles. The van der Waals surface area contributed by atoms with Crippen molar-refractivity contribution in [2.45, 2.75) is 56.1 Å². The van der Waals surface area contributed by atoms with Crippen LogP contribution in [0.5, 0.6) is 0 Å². The zero-order valence-electron chi connectivity index (χ0n) is 15.3. The van der Waals surface area contributed by atoms with Crippen LogP contribution in [0.3, 0.4) is 0 Å². The molecule has 0 radical (unpaired) electrons. The number of likely N-dealkylation sites (tertiary alicyclic amines) is 1. The Bertz CT molecular complexity index is 587. The maximum atomic E-state index is 12.2. The van der Waals surface area contributed by atoms with E-state index in [1.807, 2.05) is 18.2 Å². The number of piperidine rings is 1. The predicted octanol–water partition coefficient (Wildman–Crippen LogP) is 2.10. The monoisotopic (exact) mass is 374 g/mol. The van der Waals surface area contributed by atoms with Crippen molar-refractivity contribution in [1.29, 1.82) is 0 Å². The number of hydrogen-bond acceptors (Lipinski definition) is 5. The SMILES string of the molecule is O=C(CSCc1ccccc1)NC1CCN(C2CC(C3CC3)NN2)CC1. The molecular formula is C20H30N4OS. The molecule has 2 unspecified atom stereocenters. The van der Waals surface area contributed by atoms with Gasteiger partial charge in [0.2, 0.25) is 5.91 Å². The Balaban J connectivity index is 1.12. The van der Waals surface area contributed by atoms with Crippen molar-refractivity contribution in [3.8, 4) is 0 Å². The number of carbonyl (C=O) groups excluding carboxylic acids is 1. The lowest BCUT2D eigenvalue weighted by atomic mass is 10.0. The van der Waals surface area contributed by atoms with Gasteiger partial charge in [-0.15, -0.1) is 11.8 Å². The van der Waals surface area contributed by atoms with E-state index in [1.54, 1.807) is 11.8 Å². The highest BCUT2D eigenvalue weighted by molar-refractivity contribution is 7.99. The Hall–Kier alpha value is -1.08. The van der Waals surface area contributed by atoms with Gasteiger partial charge in [-0.05, 0) is 43.6 Å². The maximum Gasteiger partial charge on any atom is 0.230 e. The summed E-state index contributed by atoms with van der Waals surface area (Å²) in [4.78, 5) is 14.7. The molecule has 3 N–H and O–H groups in total. The standard InChI is InChI=1S/C20H30N4OS/c25-20(14-26-13-15-4-2-1-3-5-15)21-17-8-10-24(11-9-17)19-12-18(22-23-19)16-6-7-16/h1-5,16-19,22-23H,6-14H2,(H,21,25). The van der Waals surface area contributed by atoms with Gasteiger partial charge in [-0.1, -0.05) is 30.3 Å². The highest BCUT2D eigenvalue weighted by Crippen LogP contribution is 2.36. The molecule has 4 rings (SSSR count). The molecule has 1 aliphatic carbocycles. The topological polar surface area (TPSA) is 56.4 Å². The molecule has 5 nitrogen and oxygen atoms in total.